The zero-order chi connectivity index (χ0) is 16.9. The number of para-hydroxylation sites is 1. The van der Waals surface area contributed by atoms with Gasteiger partial charge in [-0.3, -0.25) is 4.79 Å². The van der Waals surface area contributed by atoms with Gasteiger partial charge >= 0.3 is 6.03 Å². The van der Waals surface area contributed by atoms with Crippen molar-refractivity contribution in [2.45, 2.75) is 13.3 Å². The zero-order valence-electron chi connectivity index (χ0n) is 14.2. The first kappa shape index (κ1) is 15.4. The number of benzene rings is 1. The van der Waals surface area contributed by atoms with Crippen LogP contribution in [0.4, 0.5) is 10.5 Å². The number of hydrogen-bond donors (Lipinski definition) is 1. The number of rotatable bonds is 1. The fourth-order valence-corrected chi connectivity index (χ4v) is 4.37. The molecule has 3 aliphatic rings. The maximum Gasteiger partial charge on any atom is 0.321 e. The molecule has 3 aliphatic heterocycles. The number of hydrogen-bond acceptors (Lipinski definition) is 4. The van der Waals surface area contributed by atoms with E-state index in [1.54, 1.807) is 18.2 Å². The summed E-state index contributed by atoms with van der Waals surface area (Å²) < 4.78 is 5.64. The molecule has 4 rings (SSSR count). The number of nitrogens with zero attached hydrogens (tertiary/aromatic N) is 2. The number of fused-ring (bicyclic) bond motifs is 2. The number of anilines is 1. The van der Waals surface area contributed by atoms with Crippen molar-refractivity contribution in [3.05, 3.63) is 23.8 Å². The standard InChI is InChI=1S/C18H23N3O3/c1-18-10-20(2)8-12(18)9-21(11-18)17(23)19-14-5-3-4-13-15(22)6-7-24-16(13)14/h3-5,12H,6-11H2,1-2H3,(H,19,23)/t12-,18+/m1/s1. The first-order chi connectivity index (χ1) is 11.5. The van der Waals surface area contributed by atoms with Crippen LogP contribution in [0, 0.1) is 11.3 Å². The van der Waals surface area contributed by atoms with E-state index in [0.29, 0.717) is 35.9 Å². The third kappa shape index (κ3) is 2.45. The van der Waals surface area contributed by atoms with E-state index in [0.717, 1.165) is 26.2 Å². The predicted molar refractivity (Wildman–Crippen MR) is 90.6 cm³/mol. The molecule has 128 valence electrons. The van der Waals surface area contributed by atoms with Gasteiger partial charge in [0.25, 0.3) is 0 Å². The van der Waals surface area contributed by atoms with Gasteiger partial charge in [0.2, 0.25) is 0 Å². The molecule has 1 aromatic carbocycles. The van der Waals surface area contributed by atoms with Crippen LogP contribution in [0.1, 0.15) is 23.7 Å². The van der Waals surface area contributed by atoms with Crippen molar-refractivity contribution in [2.75, 3.05) is 45.2 Å². The second-order valence-corrected chi connectivity index (χ2v) is 7.56. The van der Waals surface area contributed by atoms with Crippen molar-refractivity contribution in [1.82, 2.24) is 9.80 Å². The monoisotopic (exact) mass is 329 g/mol. The highest BCUT2D eigenvalue weighted by molar-refractivity contribution is 6.03. The third-order valence-electron chi connectivity index (χ3n) is 5.56. The molecule has 0 radical (unpaired) electrons. The smallest absolute Gasteiger partial charge is 0.321 e. The van der Waals surface area contributed by atoms with Crippen molar-refractivity contribution in [3.8, 4) is 5.75 Å². The molecule has 2 amide bonds. The first-order valence-corrected chi connectivity index (χ1v) is 8.50. The largest absolute Gasteiger partial charge is 0.490 e. The van der Waals surface area contributed by atoms with E-state index in [1.807, 2.05) is 4.90 Å². The van der Waals surface area contributed by atoms with Crippen molar-refractivity contribution in [2.24, 2.45) is 11.3 Å². The Labute approximate surface area is 141 Å². The maximum absolute atomic E-state index is 12.7. The molecule has 0 aliphatic carbocycles. The minimum absolute atomic E-state index is 0.0681. The molecule has 2 saturated heterocycles. The Balaban J connectivity index is 1.50. The second-order valence-electron chi connectivity index (χ2n) is 7.56. The Morgan fingerprint density at radius 1 is 1.33 bits per heavy atom. The normalized spacial score (nSPS) is 29.2. The van der Waals surface area contributed by atoms with Gasteiger partial charge < -0.3 is 19.9 Å². The highest BCUT2D eigenvalue weighted by Crippen LogP contribution is 2.42. The van der Waals surface area contributed by atoms with Crippen LogP contribution in [0.2, 0.25) is 0 Å². The van der Waals surface area contributed by atoms with Crippen LogP contribution in [0.15, 0.2) is 18.2 Å². The summed E-state index contributed by atoms with van der Waals surface area (Å²) in [7, 11) is 2.14. The molecule has 0 spiro atoms. The predicted octanol–water partition coefficient (Wildman–Crippen LogP) is 2.07. The van der Waals surface area contributed by atoms with E-state index in [1.165, 1.54) is 0 Å². The summed E-state index contributed by atoms with van der Waals surface area (Å²) in [6.07, 6.45) is 0.393. The Hall–Kier alpha value is -2.08. The molecule has 2 fully saturated rings. The summed E-state index contributed by atoms with van der Waals surface area (Å²) in [5.41, 5.74) is 1.32. The van der Waals surface area contributed by atoms with E-state index < -0.39 is 0 Å². The number of ether oxygens (including phenoxy) is 1. The number of likely N-dealkylation sites (tertiary alicyclic amines) is 2. The summed E-state index contributed by atoms with van der Waals surface area (Å²) in [5, 5.41) is 2.95. The summed E-state index contributed by atoms with van der Waals surface area (Å²) in [6.45, 7) is 6.25. The Bertz CT molecular complexity index is 705. The SMILES string of the molecule is CN1C[C@@H]2CN(C(=O)Nc3cccc4c3OCCC4=O)C[C@]2(C)C1. The van der Waals surface area contributed by atoms with Gasteiger partial charge in [-0.15, -0.1) is 0 Å². The minimum Gasteiger partial charge on any atom is -0.490 e. The van der Waals surface area contributed by atoms with Gasteiger partial charge in [-0.2, -0.15) is 0 Å². The fraction of sp³-hybridized carbons (Fsp3) is 0.556. The summed E-state index contributed by atoms with van der Waals surface area (Å²) in [5.74, 6) is 1.10. The highest BCUT2D eigenvalue weighted by Gasteiger charge is 2.49. The van der Waals surface area contributed by atoms with E-state index in [9.17, 15) is 9.59 Å². The van der Waals surface area contributed by atoms with Crippen molar-refractivity contribution in [1.29, 1.82) is 0 Å². The van der Waals surface area contributed by atoms with Gasteiger partial charge in [-0.1, -0.05) is 13.0 Å². The lowest BCUT2D eigenvalue weighted by Crippen LogP contribution is -2.37. The van der Waals surface area contributed by atoms with Crippen molar-refractivity contribution >= 4 is 17.5 Å². The first-order valence-electron chi connectivity index (χ1n) is 8.50. The van der Waals surface area contributed by atoms with Crippen LogP contribution in [0.5, 0.6) is 5.75 Å². The number of amides is 2. The molecular formula is C18H23N3O3. The topological polar surface area (TPSA) is 61.9 Å². The number of nitrogens with one attached hydrogen (secondary N) is 1. The summed E-state index contributed by atoms with van der Waals surface area (Å²) >= 11 is 0. The average Bonchev–Trinajstić information content (AvgIpc) is 2.98. The van der Waals surface area contributed by atoms with Gasteiger partial charge in [0.15, 0.2) is 11.5 Å². The number of urea groups is 1. The van der Waals surface area contributed by atoms with Crippen LogP contribution in [-0.2, 0) is 0 Å². The molecule has 0 unspecified atom stereocenters. The Morgan fingerprint density at radius 3 is 2.96 bits per heavy atom. The molecule has 0 bridgehead atoms. The Kier molecular flexibility index (Phi) is 3.53. The second kappa shape index (κ2) is 5.48. The van der Waals surface area contributed by atoms with E-state index in [2.05, 4.69) is 24.2 Å². The molecule has 24 heavy (non-hydrogen) atoms. The van der Waals surface area contributed by atoms with Crippen molar-refractivity contribution < 1.29 is 14.3 Å². The average molecular weight is 329 g/mol. The van der Waals surface area contributed by atoms with Crippen LogP contribution >= 0.6 is 0 Å². The highest BCUT2D eigenvalue weighted by atomic mass is 16.5. The molecule has 0 saturated carbocycles. The summed E-state index contributed by atoms with van der Waals surface area (Å²) in [6, 6.07) is 5.23. The lowest BCUT2D eigenvalue weighted by atomic mass is 9.83. The van der Waals surface area contributed by atoms with E-state index in [4.69, 9.17) is 4.74 Å². The van der Waals surface area contributed by atoms with Gasteiger partial charge in [0.1, 0.15) is 0 Å². The number of carbonyl (C=O) groups is 2. The lowest BCUT2D eigenvalue weighted by molar-refractivity contribution is 0.0934. The van der Waals surface area contributed by atoms with Gasteiger partial charge in [-0.05, 0) is 25.1 Å². The molecule has 6 heteroatoms. The molecule has 1 N–H and O–H groups in total. The van der Waals surface area contributed by atoms with Crippen LogP contribution in [-0.4, -0.2) is 61.4 Å². The fourth-order valence-electron chi connectivity index (χ4n) is 4.37. The minimum atomic E-state index is -0.108. The van der Waals surface area contributed by atoms with Crippen molar-refractivity contribution in [3.63, 3.8) is 0 Å². The molecule has 6 nitrogen and oxygen atoms in total. The quantitative estimate of drug-likeness (QED) is 0.857. The maximum atomic E-state index is 12.7. The van der Waals surface area contributed by atoms with Gasteiger partial charge in [0, 0.05) is 38.0 Å². The lowest BCUT2D eigenvalue weighted by Gasteiger charge is -2.25. The zero-order valence-corrected chi connectivity index (χ0v) is 14.2. The number of Topliss-reactive ketones (excluding diaryl/α,β-unsaturated/α-hetero) is 1. The molecule has 0 aromatic heterocycles. The molecule has 2 atom stereocenters. The molecular weight excluding hydrogens is 306 g/mol. The number of ketones is 1. The third-order valence-corrected chi connectivity index (χ3v) is 5.56. The van der Waals surface area contributed by atoms with Gasteiger partial charge in [0.05, 0.1) is 17.9 Å². The van der Waals surface area contributed by atoms with Crippen LogP contribution < -0.4 is 10.1 Å². The molecule has 3 heterocycles. The van der Waals surface area contributed by atoms with Gasteiger partial charge in [-0.25, -0.2) is 4.79 Å². The Morgan fingerprint density at radius 2 is 2.17 bits per heavy atom. The van der Waals surface area contributed by atoms with Crippen LogP contribution in [0.3, 0.4) is 0 Å². The van der Waals surface area contributed by atoms with E-state index >= 15 is 0 Å². The number of carbonyl (C=O) groups excluding carboxylic acids is 2. The van der Waals surface area contributed by atoms with Crippen LogP contribution in [0.25, 0.3) is 0 Å². The summed E-state index contributed by atoms with van der Waals surface area (Å²) in [4.78, 5) is 28.9. The molecule has 1 aromatic rings. The van der Waals surface area contributed by atoms with E-state index in [-0.39, 0.29) is 17.2 Å².